The minimum Gasteiger partial charge on any atom is -0.290 e. The zero-order chi connectivity index (χ0) is 11.1. The molecule has 0 aromatic carbocycles. The van der Waals surface area contributed by atoms with Gasteiger partial charge in [0.05, 0.1) is 11.8 Å². The van der Waals surface area contributed by atoms with Gasteiger partial charge in [0.15, 0.2) is 0 Å². The van der Waals surface area contributed by atoms with E-state index in [1.54, 1.807) is 0 Å². The van der Waals surface area contributed by atoms with E-state index in [0.717, 1.165) is 0 Å². The summed E-state index contributed by atoms with van der Waals surface area (Å²) in [5.41, 5.74) is 0. The molecule has 0 heterocycles. The fraction of sp³-hybridized carbons (Fsp3) is 0.286. The Balaban J connectivity index is 2.05. The van der Waals surface area contributed by atoms with Gasteiger partial charge in [0, 0.05) is 0 Å². The fourth-order valence-electron chi connectivity index (χ4n) is 2.84. The minimum absolute atomic E-state index is 0.154. The van der Waals surface area contributed by atoms with E-state index in [2.05, 4.69) is 12.2 Å². The van der Waals surface area contributed by atoms with Crippen LogP contribution in [-0.2, 0) is 9.59 Å². The molecular formula is C14H12O2. The van der Waals surface area contributed by atoms with E-state index in [-0.39, 0.29) is 35.2 Å². The molecule has 0 aromatic rings. The topological polar surface area (TPSA) is 34.1 Å². The molecule has 0 saturated heterocycles. The van der Waals surface area contributed by atoms with Crippen molar-refractivity contribution in [3.63, 3.8) is 0 Å². The molecule has 0 radical (unpaired) electrons. The summed E-state index contributed by atoms with van der Waals surface area (Å²) in [6, 6.07) is 0. The van der Waals surface area contributed by atoms with Crippen molar-refractivity contribution in [2.24, 2.45) is 23.7 Å². The summed E-state index contributed by atoms with van der Waals surface area (Å²) in [4.78, 5) is 23.8. The van der Waals surface area contributed by atoms with Crippen molar-refractivity contribution in [3.05, 3.63) is 48.6 Å². The molecule has 3 aliphatic carbocycles. The monoisotopic (exact) mass is 212 g/mol. The number of carbonyl (C=O) groups excluding carboxylic acids is 2. The second-order valence-electron chi connectivity index (χ2n) is 4.47. The van der Waals surface area contributed by atoms with E-state index in [1.165, 1.54) is 0 Å². The van der Waals surface area contributed by atoms with E-state index in [9.17, 15) is 9.59 Å². The van der Waals surface area contributed by atoms with Gasteiger partial charge in [0.2, 0.25) is 11.6 Å². The Labute approximate surface area is 94.0 Å². The highest BCUT2D eigenvalue weighted by molar-refractivity contribution is 6.40. The number of Topliss-reactive ketones (excluding diaryl/α,β-unsaturated/α-hetero) is 2. The molecular weight excluding hydrogens is 200 g/mol. The van der Waals surface area contributed by atoms with E-state index in [4.69, 9.17) is 0 Å². The van der Waals surface area contributed by atoms with Crippen LogP contribution in [0.1, 0.15) is 0 Å². The first-order valence-corrected chi connectivity index (χ1v) is 5.57. The number of allylic oxidation sites excluding steroid dienone is 8. The van der Waals surface area contributed by atoms with Crippen molar-refractivity contribution in [2.45, 2.75) is 0 Å². The molecule has 0 bridgehead atoms. The third-order valence-electron chi connectivity index (χ3n) is 3.65. The highest BCUT2D eigenvalue weighted by Crippen LogP contribution is 2.40. The number of ketones is 2. The Morgan fingerprint density at radius 1 is 0.625 bits per heavy atom. The maximum atomic E-state index is 11.9. The maximum absolute atomic E-state index is 11.9. The Bertz CT molecular complexity index is 421. The number of carbonyl (C=O) groups is 2. The summed E-state index contributed by atoms with van der Waals surface area (Å²) < 4.78 is 0. The molecule has 1 saturated carbocycles. The molecule has 16 heavy (non-hydrogen) atoms. The van der Waals surface area contributed by atoms with Gasteiger partial charge in [-0.05, 0) is 11.8 Å². The quantitative estimate of drug-likeness (QED) is 0.574. The number of hydrogen-bond donors (Lipinski definition) is 0. The lowest BCUT2D eigenvalue weighted by Crippen LogP contribution is -2.45. The summed E-state index contributed by atoms with van der Waals surface area (Å²) >= 11 is 0. The molecule has 3 rings (SSSR count). The molecule has 1 fully saturated rings. The zero-order valence-electron chi connectivity index (χ0n) is 8.74. The Morgan fingerprint density at radius 3 is 1.44 bits per heavy atom. The van der Waals surface area contributed by atoms with Crippen LogP contribution in [-0.4, -0.2) is 11.6 Å². The van der Waals surface area contributed by atoms with Gasteiger partial charge in [-0.15, -0.1) is 0 Å². The highest BCUT2D eigenvalue weighted by Gasteiger charge is 2.46. The van der Waals surface area contributed by atoms with E-state index < -0.39 is 0 Å². The molecule has 80 valence electrons. The normalized spacial score (nSPS) is 39.8. The molecule has 0 aliphatic heterocycles. The van der Waals surface area contributed by atoms with Gasteiger partial charge in [0.25, 0.3) is 0 Å². The van der Waals surface area contributed by atoms with Gasteiger partial charge in [-0.25, -0.2) is 0 Å². The summed E-state index contributed by atoms with van der Waals surface area (Å²) in [7, 11) is 0. The lowest BCUT2D eigenvalue weighted by molar-refractivity contribution is -0.144. The average Bonchev–Trinajstić information content (AvgIpc) is 2.36. The van der Waals surface area contributed by atoms with Crippen molar-refractivity contribution in [1.29, 1.82) is 0 Å². The van der Waals surface area contributed by atoms with Crippen LogP contribution in [0.2, 0.25) is 0 Å². The van der Waals surface area contributed by atoms with Gasteiger partial charge in [0.1, 0.15) is 0 Å². The van der Waals surface area contributed by atoms with E-state index in [1.807, 2.05) is 36.5 Å². The van der Waals surface area contributed by atoms with Crippen LogP contribution >= 0.6 is 0 Å². The molecule has 4 atom stereocenters. The van der Waals surface area contributed by atoms with Crippen molar-refractivity contribution in [1.82, 2.24) is 0 Å². The summed E-state index contributed by atoms with van der Waals surface area (Å²) in [6.45, 7) is 0. The molecule has 0 spiro atoms. The molecule has 2 heteroatoms. The van der Waals surface area contributed by atoms with Gasteiger partial charge in [-0.2, -0.15) is 0 Å². The fourth-order valence-corrected chi connectivity index (χ4v) is 2.84. The van der Waals surface area contributed by atoms with Gasteiger partial charge in [-0.1, -0.05) is 48.6 Å². The standard InChI is InChI=1S/C14H12O2/c15-13-11-7-3-1-5-9(11)10-6-2-4-8-12(10)14(13)16/h1-12H. The average molecular weight is 212 g/mol. The Morgan fingerprint density at radius 2 is 1.00 bits per heavy atom. The van der Waals surface area contributed by atoms with Crippen LogP contribution in [0.3, 0.4) is 0 Å². The van der Waals surface area contributed by atoms with Gasteiger partial charge >= 0.3 is 0 Å². The third-order valence-corrected chi connectivity index (χ3v) is 3.65. The largest absolute Gasteiger partial charge is 0.290 e. The molecule has 2 nitrogen and oxygen atoms in total. The van der Waals surface area contributed by atoms with Crippen LogP contribution in [0.4, 0.5) is 0 Å². The van der Waals surface area contributed by atoms with Crippen LogP contribution in [0, 0.1) is 23.7 Å². The predicted octanol–water partition coefficient (Wildman–Crippen LogP) is 1.85. The summed E-state index contributed by atoms with van der Waals surface area (Å²) in [5, 5.41) is 0. The lowest BCUT2D eigenvalue weighted by atomic mass is 9.63. The first kappa shape index (κ1) is 9.52. The van der Waals surface area contributed by atoms with Crippen LogP contribution in [0.25, 0.3) is 0 Å². The van der Waals surface area contributed by atoms with Crippen molar-refractivity contribution < 1.29 is 9.59 Å². The maximum Gasteiger partial charge on any atom is 0.206 e. The van der Waals surface area contributed by atoms with E-state index >= 15 is 0 Å². The highest BCUT2D eigenvalue weighted by atomic mass is 16.2. The summed E-state index contributed by atoms with van der Waals surface area (Å²) in [5.74, 6) is -0.633. The summed E-state index contributed by atoms with van der Waals surface area (Å²) in [6.07, 6.45) is 15.5. The first-order valence-electron chi connectivity index (χ1n) is 5.57. The SMILES string of the molecule is O=C1C(=O)C2C=CC=CC2C2C=CC=CC12. The molecule has 0 aromatic heterocycles. The van der Waals surface area contributed by atoms with Crippen LogP contribution in [0.15, 0.2) is 48.6 Å². The first-order chi connectivity index (χ1) is 7.79. The molecule has 0 N–H and O–H groups in total. The zero-order valence-corrected chi connectivity index (χ0v) is 8.74. The molecule has 3 aliphatic rings. The number of hydrogen-bond acceptors (Lipinski definition) is 2. The Kier molecular flexibility index (Phi) is 2.03. The van der Waals surface area contributed by atoms with Crippen molar-refractivity contribution in [3.8, 4) is 0 Å². The second kappa shape index (κ2) is 3.41. The van der Waals surface area contributed by atoms with Crippen molar-refractivity contribution in [2.75, 3.05) is 0 Å². The van der Waals surface area contributed by atoms with Gasteiger partial charge < -0.3 is 0 Å². The Hall–Kier alpha value is -1.70. The predicted molar refractivity (Wildman–Crippen MR) is 60.5 cm³/mol. The minimum atomic E-state index is -0.241. The third kappa shape index (κ3) is 1.19. The van der Waals surface area contributed by atoms with E-state index in [0.29, 0.717) is 0 Å². The molecule has 4 unspecified atom stereocenters. The van der Waals surface area contributed by atoms with Crippen molar-refractivity contribution >= 4 is 11.6 Å². The number of rotatable bonds is 0. The number of fused-ring (bicyclic) bond motifs is 3. The molecule has 0 amide bonds. The van der Waals surface area contributed by atoms with Crippen LogP contribution < -0.4 is 0 Å². The smallest absolute Gasteiger partial charge is 0.206 e. The second-order valence-corrected chi connectivity index (χ2v) is 4.47. The van der Waals surface area contributed by atoms with Gasteiger partial charge in [-0.3, -0.25) is 9.59 Å². The lowest BCUT2D eigenvalue weighted by Gasteiger charge is -2.38. The van der Waals surface area contributed by atoms with Crippen LogP contribution in [0.5, 0.6) is 0 Å².